The second-order valence-corrected chi connectivity index (χ2v) is 8.94. The largest absolute Gasteiger partial charge is 0.427 e. The zero-order chi connectivity index (χ0) is 21.0. The molecule has 0 amide bonds. The third-order valence-electron chi connectivity index (χ3n) is 4.94. The van der Waals surface area contributed by atoms with E-state index >= 15 is 0 Å². The number of aromatic nitrogens is 2. The van der Waals surface area contributed by atoms with E-state index in [1.54, 1.807) is 48.5 Å². The average Bonchev–Trinajstić information content (AvgIpc) is 3.48. The van der Waals surface area contributed by atoms with Gasteiger partial charge in [0.15, 0.2) is 0 Å². The number of carbonyl (C=O) groups is 1. The van der Waals surface area contributed by atoms with Crippen LogP contribution in [-0.2, 0) is 21.2 Å². The summed E-state index contributed by atoms with van der Waals surface area (Å²) in [5, 5.41) is 7.44. The SMILES string of the molecule is O=C(CCc1ccc(S(=O)(=O)N2CCCC2)cc1)Oc1ccc(-c2nnco2)cc1. The lowest BCUT2D eigenvalue weighted by molar-refractivity contribution is -0.134. The van der Waals surface area contributed by atoms with Crippen molar-refractivity contribution in [2.24, 2.45) is 0 Å². The molecule has 0 spiro atoms. The van der Waals surface area contributed by atoms with Gasteiger partial charge in [-0.15, -0.1) is 10.2 Å². The van der Waals surface area contributed by atoms with Gasteiger partial charge in [-0.1, -0.05) is 12.1 Å². The fourth-order valence-corrected chi connectivity index (χ4v) is 4.82. The van der Waals surface area contributed by atoms with Crippen LogP contribution in [0, 0.1) is 0 Å². The van der Waals surface area contributed by atoms with Gasteiger partial charge in [0.1, 0.15) is 5.75 Å². The second-order valence-electron chi connectivity index (χ2n) is 7.00. The van der Waals surface area contributed by atoms with Gasteiger partial charge in [0.05, 0.1) is 4.90 Å². The minimum atomic E-state index is -3.42. The third kappa shape index (κ3) is 4.58. The Kier molecular flexibility index (Phi) is 5.91. The molecular weight excluding hydrogens is 406 g/mol. The Morgan fingerprint density at radius 3 is 2.37 bits per heavy atom. The Morgan fingerprint density at radius 2 is 1.73 bits per heavy atom. The average molecular weight is 427 g/mol. The zero-order valence-corrected chi connectivity index (χ0v) is 17.0. The van der Waals surface area contributed by atoms with Crippen LogP contribution in [-0.4, -0.2) is 42.0 Å². The summed E-state index contributed by atoms with van der Waals surface area (Å²) in [7, 11) is -3.42. The van der Waals surface area contributed by atoms with Crippen molar-refractivity contribution in [2.75, 3.05) is 13.1 Å². The van der Waals surface area contributed by atoms with Gasteiger partial charge in [-0.3, -0.25) is 4.79 Å². The van der Waals surface area contributed by atoms with Gasteiger partial charge in [0, 0.05) is 25.1 Å². The number of hydrogen-bond acceptors (Lipinski definition) is 7. The Labute approximate surface area is 174 Å². The monoisotopic (exact) mass is 427 g/mol. The van der Waals surface area contributed by atoms with Crippen LogP contribution in [0.25, 0.3) is 11.5 Å². The van der Waals surface area contributed by atoms with Crippen molar-refractivity contribution in [1.82, 2.24) is 14.5 Å². The molecule has 0 saturated carbocycles. The van der Waals surface area contributed by atoms with E-state index in [-0.39, 0.29) is 17.3 Å². The molecule has 0 aliphatic carbocycles. The molecule has 156 valence electrons. The molecular formula is C21H21N3O5S. The summed E-state index contributed by atoms with van der Waals surface area (Å²) < 4.78 is 37.1. The summed E-state index contributed by atoms with van der Waals surface area (Å²) in [6.45, 7) is 1.15. The molecule has 2 aromatic carbocycles. The number of nitrogens with zero attached hydrogens (tertiary/aromatic N) is 3. The van der Waals surface area contributed by atoms with Crippen molar-refractivity contribution in [3.05, 3.63) is 60.5 Å². The van der Waals surface area contributed by atoms with E-state index < -0.39 is 10.0 Å². The Bertz CT molecular complexity index is 1090. The van der Waals surface area contributed by atoms with Crippen molar-refractivity contribution in [3.8, 4) is 17.2 Å². The van der Waals surface area contributed by atoms with Crippen molar-refractivity contribution in [1.29, 1.82) is 0 Å². The van der Waals surface area contributed by atoms with Crippen LogP contribution in [0.2, 0.25) is 0 Å². The number of rotatable bonds is 7. The van der Waals surface area contributed by atoms with E-state index in [1.807, 2.05) is 0 Å². The number of hydrogen-bond donors (Lipinski definition) is 0. The Hall–Kier alpha value is -3.04. The first-order valence-corrected chi connectivity index (χ1v) is 11.1. The van der Waals surface area contributed by atoms with E-state index in [0.717, 1.165) is 24.0 Å². The topological polar surface area (TPSA) is 103 Å². The minimum Gasteiger partial charge on any atom is -0.427 e. The van der Waals surface area contributed by atoms with Gasteiger partial charge in [0.25, 0.3) is 0 Å². The van der Waals surface area contributed by atoms with Gasteiger partial charge in [-0.2, -0.15) is 4.31 Å². The summed E-state index contributed by atoms with van der Waals surface area (Å²) in [4.78, 5) is 12.4. The quantitative estimate of drug-likeness (QED) is 0.422. The highest BCUT2D eigenvalue weighted by Crippen LogP contribution is 2.22. The molecule has 1 aliphatic rings. The highest BCUT2D eigenvalue weighted by atomic mass is 32.2. The van der Waals surface area contributed by atoms with Gasteiger partial charge >= 0.3 is 5.97 Å². The number of aryl methyl sites for hydroxylation is 1. The molecule has 1 fully saturated rings. The van der Waals surface area contributed by atoms with Gasteiger partial charge in [-0.05, 0) is 61.2 Å². The molecule has 0 bridgehead atoms. The van der Waals surface area contributed by atoms with Gasteiger partial charge in [-0.25, -0.2) is 8.42 Å². The molecule has 0 atom stereocenters. The van der Waals surface area contributed by atoms with E-state index in [4.69, 9.17) is 9.15 Å². The van der Waals surface area contributed by atoms with Crippen molar-refractivity contribution in [2.45, 2.75) is 30.6 Å². The standard InChI is InChI=1S/C21H21N3O5S/c25-20(29-18-8-6-17(7-9-18)21-23-22-15-28-21)12-5-16-3-10-19(11-4-16)30(26,27)24-13-1-2-14-24/h3-4,6-11,15H,1-2,5,12-14H2. The van der Waals surface area contributed by atoms with E-state index in [0.29, 0.717) is 31.2 Å². The van der Waals surface area contributed by atoms with Crippen LogP contribution < -0.4 is 4.74 Å². The van der Waals surface area contributed by atoms with Crippen molar-refractivity contribution >= 4 is 16.0 Å². The molecule has 4 rings (SSSR count). The zero-order valence-electron chi connectivity index (χ0n) is 16.2. The van der Waals surface area contributed by atoms with Crippen LogP contribution in [0.5, 0.6) is 5.75 Å². The van der Waals surface area contributed by atoms with Crippen molar-refractivity contribution in [3.63, 3.8) is 0 Å². The molecule has 0 radical (unpaired) electrons. The number of ether oxygens (including phenoxy) is 1. The smallest absolute Gasteiger partial charge is 0.311 e. The molecule has 3 aromatic rings. The van der Waals surface area contributed by atoms with Gasteiger partial charge in [0.2, 0.25) is 22.3 Å². The number of esters is 1. The van der Waals surface area contributed by atoms with Crippen LogP contribution in [0.15, 0.2) is 64.2 Å². The summed E-state index contributed by atoms with van der Waals surface area (Å²) in [5.74, 6) is 0.452. The van der Waals surface area contributed by atoms with Crippen LogP contribution in [0.3, 0.4) is 0 Å². The van der Waals surface area contributed by atoms with Crippen LogP contribution >= 0.6 is 0 Å². The predicted molar refractivity (Wildman–Crippen MR) is 108 cm³/mol. The lowest BCUT2D eigenvalue weighted by atomic mass is 10.1. The summed E-state index contributed by atoms with van der Waals surface area (Å²) in [6.07, 6.45) is 3.70. The molecule has 2 heterocycles. The first-order chi connectivity index (χ1) is 14.5. The molecule has 9 heteroatoms. The summed E-state index contributed by atoms with van der Waals surface area (Å²) in [6, 6.07) is 13.5. The maximum Gasteiger partial charge on any atom is 0.311 e. The van der Waals surface area contributed by atoms with E-state index in [2.05, 4.69) is 10.2 Å². The van der Waals surface area contributed by atoms with Gasteiger partial charge < -0.3 is 9.15 Å². The summed E-state index contributed by atoms with van der Waals surface area (Å²) >= 11 is 0. The molecule has 1 aliphatic heterocycles. The van der Waals surface area contributed by atoms with Crippen LogP contribution in [0.4, 0.5) is 0 Å². The molecule has 0 unspecified atom stereocenters. The Balaban J connectivity index is 1.30. The normalized spacial score (nSPS) is 14.7. The third-order valence-corrected chi connectivity index (χ3v) is 6.85. The van der Waals surface area contributed by atoms with E-state index in [1.165, 1.54) is 10.7 Å². The minimum absolute atomic E-state index is 0.184. The highest BCUT2D eigenvalue weighted by Gasteiger charge is 2.26. The lowest BCUT2D eigenvalue weighted by Crippen LogP contribution is -2.27. The maximum atomic E-state index is 12.6. The molecule has 1 saturated heterocycles. The fraction of sp³-hybridized carbons (Fsp3) is 0.286. The number of benzene rings is 2. The molecule has 0 N–H and O–H groups in total. The number of sulfonamides is 1. The first-order valence-electron chi connectivity index (χ1n) is 9.69. The van der Waals surface area contributed by atoms with Crippen molar-refractivity contribution < 1.29 is 22.4 Å². The van der Waals surface area contributed by atoms with Crippen LogP contribution in [0.1, 0.15) is 24.8 Å². The fourth-order valence-electron chi connectivity index (χ4n) is 3.30. The lowest BCUT2D eigenvalue weighted by Gasteiger charge is -2.15. The highest BCUT2D eigenvalue weighted by molar-refractivity contribution is 7.89. The molecule has 8 nitrogen and oxygen atoms in total. The molecule has 1 aromatic heterocycles. The Morgan fingerprint density at radius 1 is 1.03 bits per heavy atom. The predicted octanol–water partition coefficient (Wildman–Crippen LogP) is 3.06. The maximum absolute atomic E-state index is 12.6. The first kappa shape index (κ1) is 20.2. The van der Waals surface area contributed by atoms with E-state index in [9.17, 15) is 13.2 Å². The molecule has 30 heavy (non-hydrogen) atoms. The second kappa shape index (κ2) is 8.76. The summed E-state index contributed by atoms with van der Waals surface area (Å²) in [5.41, 5.74) is 1.61. The number of carbonyl (C=O) groups excluding carboxylic acids is 1.